The van der Waals surface area contributed by atoms with Gasteiger partial charge in [-0.2, -0.15) is 8.42 Å². The van der Waals surface area contributed by atoms with Crippen LogP contribution in [0.4, 0.5) is 0 Å². The Labute approximate surface area is 200 Å². The number of aryl methyl sites for hydroxylation is 1. The lowest BCUT2D eigenvalue weighted by Crippen LogP contribution is -2.14. The molecule has 0 spiro atoms. The SMILES string of the molecule is C=C(C)C(=O)OC.C=C(C)C(=O)OCCOS(=O)(=O)c1ccc(C)cc1.C=CC(=O)OCCO. The van der Waals surface area contributed by atoms with Crippen molar-refractivity contribution in [1.29, 1.82) is 0 Å². The van der Waals surface area contributed by atoms with Gasteiger partial charge in [-0.3, -0.25) is 4.18 Å². The predicted octanol–water partition coefficient (Wildman–Crippen LogP) is 2.26. The molecule has 0 aliphatic heterocycles. The summed E-state index contributed by atoms with van der Waals surface area (Å²) >= 11 is 0. The number of hydrogen-bond donors (Lipinski definition) is 1. The van der Waals surface area contributed by atoms with Crippen LogP contribution in [0.2, 0.25) is 0 Å². The summed E-state index contributed by atoms with van der Waals surface area (Å²) < 4.78 is 41.6. The molecule has 1 aromatic carbocycles. The number of benzene rings is 1. The fourth-order valence-electron chi connectivity index (χ4n) is 1.55. The van der Waals surface area contributed by atoms with Crippen LogP contribution in [0.15, 0.2) is 66.1 Å². The van der Waals surface area contributed by atoms with Gasteiger partial charge in [-0.15, -0.1) is 0 Å². The Morgan fingerprint density at radius 1 is 0.941 bits per heavy atom. The molecule has 10 nitrogen and oxygen atoms in total. The average molecular weight is 501 g/mol. The second-order valence-corrected chi connectivity index (χ2v) is 7.99. The molecule has 0 aliphatic carbocycles. The molecule has 0 unspecified atom stereocenters. The van der Waals surface area contributed by atoms with Gasteiger partial charge in [-0.25, -0.2) is 14.4 Å². The molecule has 0 atom stereocenters. The zero-order chi connectivity index (χ0) is 26.7. The van der Waals surface area contributed by atoms with Gasteiger partial charge in [0.2, 0.25) is 0 Å². The Bertz CT molecular complexity index is 931. The van der Waals surface area contributed by atoms with Crippen molar-refractivity contribution >= 4 is 28.0 Å². The molecule has 0 aliphatic rings. The smallest absolute Gasteiger partial charge is 0.333 e. The van der Waals surface area contributed by atoms with Gasteiger partial charge in [0.15, 0.2) is 0 Å². The fraction of sp³-hybridized carbons (Fsp3) is 0.348. The summed E-state index contributed by atoms with van der Waals surface area (Å²) in [5.41, 5.74) is 1.64. The van der Waals surface area contributed by atoms with Gasteiger partial charge in [-0.1, -0.05) is 37.4 Å². The third-order valence-corrected chi connectivity index (χ3v) is 4.58. The van der Waals surface area contributed by atoms with Crippen LogP contribution in [-0.2, 0) is 42.9 Å². The normalized spacial score (nSPS) is 9.68. The van der Waals surface area contributed by atoms with Crippen molar-refractivity contribution in [1.82, 2.24) is 0 Å². The Hall–Kier alpha value is -3.28. The number of aliphatic hydroxyl groups excluding tert-OH is 1. The molecule has 1 rings (SSSR count). The molecule has 0 fully saturated rings. The number of aliphatic hydroxyl groups is 1. The number of carbonyl (C=O) groups excluding carboxylic acids is 3. The summed E-state index contributed by atoms with van der Waals surface area (Å²) in [6.45, 7) is 14.4. The molecule has 190 valence electrons. The predicted molar refractivity (Wildman–Crippen MR) is 125 cm³/mol. The van der Waals surface area contributed by atoms with Crippen LogP contribution >= 0.6 is 0 Å². The number of rotatable bonds is 10. The van der Waals surface area contributed by atoms with Crippen LogP contribution in [0, 0.1) is 6.92 Å². The number of ether oxygens (including phenoxy) is 3. The molecule has 11 heteroatoms. The van der Waals surface area contributed by atoms with Gasteiger partial charge < -0.3 is 19.3 Å². The second-order valence-electron chi connectivity index (χ2n) is 6.37. The van der Waals surface area contributed by atoms with E-state index in [1.54, 1.807) is 19.1 Å². The molecule has 1 N–H and O–H groups in total. The van der Waals surface area contributed by atoms with Crippen molar-refractivity contribution in [3.8, 4) is 0 Å². The van der Waals surface area contributed by atoms with Crippen LogP contribution in [0.25, 0.3) is 0 Å². The van der Waals surface area contributed by atoms with Crippen LogP contribution in [0.3, 0.4) is 0 Å². The van der Waals surface area contributed by atoms with Crippen LogP contribution in [0.1, 0.15) is 19.4 Å². The van der Waals surface area contributed by atoms with Gasteiger partial charge in [0.1, 0.15) is 19.8 Å². The first-order chi connectivity index (χ1) is 15.8. The van der Waals surface area contributed by atoms with E-state index in [1.807, 2.05) is 6.92 Å². The molecular weight excluding hydrogens is 468 g/mol. The lowest BCUT2D eigenvalue weighted by molar-refractivity contribution is -0.140. The minimum absolute atomic E-state index is 0.0465. The highest BCUT2D eigenvalue weighted by molar-refractivity contribution is 7.86. The highest BCUT2D eigenvalue weighted by Gasteiger charge is 2.15. The van der Waals surface area contributed by atoms with Crippen molar-refractivity contribution in [2.45, 2.75) is 25.7 Å². The topological polar surface area (TPSA) is 142 Å². The Morgan fingerprint density at radius 2 is 1.47 bits per heavy atom. The minimum atomic E-state index is -3.81. The Morgan fingerprint density at radius 3 is 1.85 bits per heavy atom. The van der Waals surface area contributed by atoms with E-state index in [2.05, 4.69) is 29.2 Å². The minimum Gasteiger partial charge on any atom is -0.466 e. The van der Waals surface area contributed by atoms with Gasteiger partial charge in [0.25, 0.3) is 10.1 Å². The molecule has 0 heterocycles. The van der Waals surface area contributed by atoms with Crippen molar-refractivity contribution in [2.75, 3.05) is 33.5 Å². The van der Waals surface area contributed by atoms with Crippen LogP contribution < -0.4 is 0 Å². The maximum absolute atomic E-state index is 11.7. The van der Waals surface area contributed by atoms with Crippen molar-refractivity contribution in [3.05, 3.63) is 66.8 Å². The Kier molecular flexibility index (Phi) is 17.6. The molecule has 0 aromatic heterocycles. The third-order valence-electron chi connectivity index (χ3n) is 3.25. The molecule has 0 amide bonds. The molecule has 1 aromatic rings. The first-order valence-corrected chi connectivity index (χ1v) is 11.2. The van der Waals surface area contributed by atoms with E-state index in [1.165, 1.54) is 26.2 Å². The summed E-state index contributed by atoms with van der Waals surface area (Å²) in [6.07, 6.45) is 1.05. The summed E-state index contributed by atoms with van der Waals surface area (Å²) in [7, 11) is -2.48. The number of carbonyl (C=O) groups is 3. The molecular formula is C23H32O10S. The maximum Gasteiger partial charge on any atom is 0.333 e. The monoisotopic (exact) mass is 500 g/mol. The summed E-state index contributed by atoms with van der Waals surface area (Å²) in [4.78, 5) is 31.4. The average Bonchev–Trinajstić information content (AvgIpc) is 2.80. The van der Waals surface area contributed by atoms with Gasteiger partial charge in [0, 0.05) is 17.2 Å². The number of hydrogen-bond acceptors (Lipinski definition) is 10. The maximum atomic E-state index is 11.7. The van der Waals surface area contributed by atoms with Gasteiger partial charge in [0.05, 0.1) is 18.6 Å². The first-order valence-electron chi connectivity index (χ1n) is 9.74. The lowest BCUT2D eigenvalue weighted by atomic mass is 10.2. The van der Waals surface area contributed by atoms with Gasteiger partial charge >= 0.3 is 17.9 Å². The zero-order valence-corrected chi connectivity index (χ0v) is 20.7. The van der Waals surface area contributed by atoms with Crippen LogP contribution in [0.5, 0.6) is 0 Å². The Balaban J connectivity index is 0. The third kappa shape index (κ3) is 16.4. The van der Waals surface area contributed by atoms with Gasteiger partial charge in [-0.05, 0) is 32.9 Å². The number of methoxy groups -OCH3 is 1. The van der Waals surface area contributed by atoms with Crippen molar-refractivity contribution < 1.29 is 46.3 Å². The van der Waals surface area contributed by atoms with Crippen molar-refractivity contribution in [2.24, 2.45) is 0 Å². The second kappa shape index (κ2) is 18.2. The zero-order valence-electron chi connectivity index (χ0n) is 19.9. The van der Waals surface area contributed by atoms with E-state index in [0.717, 1.165) is 11.6 Å². The standard InChI is InChI=1S/C13H16O5S.C5H8O3.C5H8O2/c1-10(2)13(14)17-8-9-18-19(15,16)12-6-4-11(3)5-7-12;1-2-5(7)8-4-3-6;1-4(2)5(6)7-3/h4-7H,1,8-9H2,2-3H3;2,6H,1,3-4H2;1H2,2-3H3. The lowest BCUT2D eigenvalue weighted by Gasteiger charge is -2.07. The molecule has 0 saturated heterocycles. The van der Waals surface area contributed by atoms with Crippen molar-refractivity contribution in [3.63, 3.8) is 0 Å². The molecule has 34 heavy (non-hydrogen) atoms. The van der Waals surface area contributed by atoms with E-state index in [-0.39, 0.29) is 42.9 Å². The molecule has 0 saturated carbocycles. The largest absolute Gasteiger partial charge is 0.466 e. The summed E-state index contributed by atoms with van der Waals surface area (Å²) in [5, 5.41) is 8.10. The molecule has 0 bridgehead atoms. The summed E-state index contributed by atoms with van der Waals surface area (Å²) in [5.74, 6) is -1.42. The van der Waals surface area contributed by atoms with E-state index in [0.29, 0.717) is 5.57 Å². The van der Waals surface area contributed by atoms with E-state index < -0.39 is 22.1 Å². The first kappa shape index (κ1) is 32.9. The van der Waals surface area contributed by atoms with E-state index >= 15 is 0 Å². The van der Waals surface area contributed by atoms with E-state index in [9.17, 15) is 22.8 Å². The highest BCUT2D eigenvalue weighted by Crippen LogP contribution is 2.13. The highest BCUT2D eigenvalue weighted by atomic mass is 32.2. The molecule has 0 radical (unpaired) electrons. The summed E-state index contributed by atoms with van der Waals surface area (Å²) in [6, 6.07) is 6.28. The number of esters is 3. The quantitative estimate of drug-likeness (QED) is 0.167. The van der Waals surface area contributed by atoms with E-state index in [4.69, 9.17) is 14.0 Å². The fourth-order valence-corrected chi connectivity index (χ4v) is 2.45. The van der Waals surface area contributed by atoms with Crippen LogP contribution in [-0.4, -0.2) is 65.0 Å².